The molecule has 7 heteroatoms. The molecule has 1 amide bonds. The third-order valence-electron chi connectivity index (χ3n) is 6.38. The molecule has 4 nitrogen and oxygen atoms in total. The molecule has 0 atom stereocenters. The number of carbonyl (C=O) groups is 1. The number of alkyl halides is 3. The van der Waals surface area contributed by atoms with E-state index >= 15 is 0 Å². The summed E-state index contributed by atoms with van der Waals surface area (Å²) >= 11 is 0. The van der Waals surface area contributed by atoms with E-state index < -0.39 is 6.36 Å². The molecule has 4 rings (SSSR count). The molecule has 174 valence electrons. The van der Waals surface area contributed by atoms with Crippen molar-refractivity contribution in [2.75, 3.05) is 6.54 Å². The number of H-pyrrole nitrogens is 1. The molecule has 1 saturated carbocycles. The summed E-state index contributed by atoms with van der Waals surface area (Å²) in [5.74, 6) is 0.312. The molecule has 0 spiro atoms. The van der Waals surface area contributed by atoms with Crippen LogP contribution in [0.15, 0.2) is 60.8 Å². The smallest absolute Gasteiger partial charge is 0.405 e. The average Bonchev–Trinajstić information content (AvgIpc) is 3.19. The van der Waals surface area contributed by atoms with Crippen LogP contribution in [0.3, 0.4) is 0 Å². The van der Waals surface area contributed by atoms with Crippen LogP contribution < -0.4 is 10.1 Å². The fourth-order valence-corrected chi connectivity index (χ4v) is 4.69. The Kier molecular flexibility index (Phi) is 6.77. The molecule has 0 aliphatic heterocycles. The van der Waals surface area contributed by atoms with Crippen LogP contribution in [0.4, 0.5) is 13.2 Å². The molecule has 1 fully saturated rings. The Morgan fingerprint density at radius 3 is 2.36 bits per heavy atom. The van der Waals surface area contributed by atoms with Gasteiger partial charge in [-0.2, -0.15) is 0 Å². The summed E-state index contributed by atoms with van der Waals surface area (Å²) in [5.41, 5.74) is 2.90. The van der Waals surface area contributed by atoms with Crippen LogP contribution >= 0.6 is 0 Å². The molecule has 1 heterocycles. The third kappa shape index (κ3) is 5.59. The number of benzene rings is 2. The van der Waals surface area contributed by atoms with Crippen LogP contribution in [0.25, 0.3) is 11.1 Å². The van der Waals surface area contributed by atoms with Gasteiger partial charge in [-0.1, -0.05) is 48.5 Å². The minimum Gasteiger partial charge on any atom is -0.405 e. The predicted molar refractivity (Wildman–Crippen MR) is 121 cm³/mol. The van der Waals surface area contributed by atoms with Crippen molar-refractivity contribution in [2.24, 2.45) is 5.92 Å². The number of amides is 1. The number of aryl methyl sites for hydroxylation is 1. The molecule has 33 heavy (non-hydrogen) atoms. The van der Waals surface area contributed by atoms with E-state index in [-0.39, 0.29) is 17.2 Å². The summed E-state index contributed by atoms with van der Waals surface area (Å²) < 4.78 is 42.8. The van der Waals surface area contributed by atoms with Crippen LogP contribution in [0, 0.1) is 12.8 Å². The van der Waals surface area contributed by atoms with Crippen molar-refractivity contribution >= 4 is 5.91 Å². The van der Waals surface area contributed by atoms with E-state index in [9.17, 15) is 18.0 Å². The van der Waals surface area contributed by atoms with Crippen molar-refractivity contribution in [3.8, 4) is 16.9 Å². The van der Waals surface area contributed by atoms with Crippen LogP contribution in [-0.2, 0) is 0 Å². The molecule has 1 aliphatic carbocycles. The Bertz CT molecular complexity index is 1080. The van der Waals surface area contributed by atoms with Gasteiger partial charge in [0.2, 0.25) is 0 Å². The van der Waals surface area contributed by atoms with Crippen molar-refractivity contribution in [2.45, 2.75) is 44.9 Å². The lowest BCUT2D eigenvalue weighted by atomic mass is 9.78. The highest BCUT2D eigenvalue weighted by Crippen LogP contribution is 2.37. The second-order valence-corrected chi connectivity index (χ2v) is 8.58. The number of hydrogen-bond donors (Lipinski definition) is 2. The molecule has 3 aromatic rings. The lowest BCUT2D eigenvalue weighted by Crippen LogP contribution is -2.31. The maximum Gasteiger partial charge on any atom is 0.573 e. The largest absolute Gasteiger partial charge is 0.573 e. The van der Waals surface area contributed by atoms with Gasteiger partial charge >= 0.3 is 6.36 Å². The summed E-state index contributed by atoms with van der Waals surface area (Å²) in [6.07, 6.45) is 0.959. The maximum absolute atomic E-state index is 13.1. The molecular weight excluding hydrogens is 429 g/mol. The van der Waals surface area contributed by atoms with Crippen molar-refractivity contribution in [3.05, 3.63) is 77.6 Å². The van der Waals surface area contributed by atoms with E-state index in [0.717, 1.165) is 25.7 Å². The number of nitrogens with one attached hydrogen (secondary N) is 2. The Morgan fingerprint density at radius 2 is 1.67 bits per heavy atom. The van der Waals surface area contributed by atoms with Gasteiger partial charge in [0, 0.05) is 29.6 Å². The van der Waals surface area contributed by atoms with Crippen LogP contribution in [0.1, 0.15) is 53.2 Å². The SMILES string of the molecule is Cc1[nH]cc(-c2ccccc2OC(F)(F)F)c1C(=O)NCC1CCC(c2ccccc2)CC1. The standard InChI is InChI=1S/C26H27F3N2O2/c1-17-24(22(16-30-17)21-9-5-6-10-23(21)33-26(27,28)29)25(32)31-15-18-11-13-20(14-12-18)19-7-3-2-4-8-19/h2-10,16,18,20,30H,11-15H2,1H3,(H,31,32). The van der Waals surface area contributed by atoms with Crippen molar-refractivity contribution in [3.63, 3.8) is 0 Å². The minimum atomic E-state index is -4.82. The zero-order valence-electron chi connectivity index (χ0n) is 18.4. The summed E-state index contributed by atoms with van der Waals surface area (Å²) in [6.45, 7) is 2.28. The van der Waals surface area contributed by atoms with E-state index in [1.54, 1.807) is 19.2 Å². The predicted octanol–water partition coefficient (Wildman–Crippen LogP) is 6.59. The number of rotatable bonds is 6. The maximum atomic E-state index is 13.1. The second kappa shape index (κ2) is 9.73. The normalized spacial score (nSPS) is 18.7. The van der Waals surface area contributed by atoms with E-state index in [4.69, 9.17) is 0 Å². The van der Waals surface area contributed by atoms with Gasteiger partial charge in [-0.3, -0.25) is 4.79 Å². The van der Waals surface area contributed by atoms with Gasteiger partial charge in [0.25, 0.3) is 5.91 Å². The third-order valence-corrected chi connectivity index (χ3v) is 6.38. The van der Waals surface area contributed by atoms with E-state index in [2.05, 4.69) is 39.3 Å². The molecule has 2 aromatic carbocycles. The fraction of sp³-hybridized carbons (Fsp3) is 0.346. The summed E-state index contributed by atoms with van der Waals surface area (Å²) in [7, 11) is 0. The average molecular weight is 457 g/mol. The van der Waals surface area contributed by atoms with Crippen molar-refractivity contribution < 1.29 is 22.7 Å². The Balaban J connectivity index is 1.42. The number of halogens is 3. The fourth-order valence-electron chi connectivity index (χ4n) is 4.69. The molecule has 0 bridgehead atoms. The Morgan fingerprint density at radius 1 is 1.00 bits per heavy atom. The molecule has 1 aliphatic rings. The number of aromatic nitrogens is 1. The highest BCUT2D eigenvalue weighted by Gasteiger charge is 2.33. The van der Waals surface area contributed by atoms with Gasteiger partial charge in [-0.25, -0.2) is 0 Å². The highest BCUT2D eigenvalue weighted by molar-refractivity contribution is 6.02. The van der Waals surface area contributed by atoms with Gasteiger partial charge < -0.3 is 15.0 Å². The Labute approximate surface area is 191 Å². The number of aromatic amines is 1. The first-order valence-electron chi connectivity index (χ1n) is 11.2. The summed E-state index contributed by atoms with van der Waals surface area (Å²) in [6, 6.07) is 16.3. The van der Waals surface area contributed by atoms with Crippen molar-refractivity contribution in [1.82, 2.24) is 10.3 Å². The van der Waals surface area contributed by atoms with Gasteiger partial charge in [-0.05, 0) is 56.1 Å². The second-order valence-electron chi connectivity index (χ2n) is 8.58. The van der Waals surface area contributed by atoms with Gasteiger partial charge in [0.15, 0.2) is 0 Å². The molecule has 0 radical (unpaired) electrons. The zero-order valence-corrected chi connectivity index (χ0v) is 18.4. The first kappa shape index (κ1) is 23.0. The first-order chi connectivity index (χ1) is 15.8. The molecule has 0 saturated heterocycles. The molecule has 0 unspecified atom stereocenters. The monoisotopic (exact) mass is 456 g/mol. The zero-order chi connectivity index (χ0) is 23.4. The summed E-state index contributed by atoms with van der Waals surface area (Å²) in [4.78, 5) is 16.0. The molecular formula is C26H27F3N2O2. The Hall–Kier alpha value is -3.22. The number of para-hydroxylation sites is 1. The lowest BCUT2D eigenvalue weighted by molar-refractivity contribution is -0.274. The van der Waals surface area contributed by atoms with Crippen LogP contribution in [0.5, 0.6) is 5.75 Å². The number of hydrogen-bond acceptors (Lipinski definition) is 2. The van der Waals surface area contributed by atoms with Crippen molar-refractivity contribution in [1.29, 1.82) is 0 Å². The minimum absolute atomic E-state index is 0.215. The quantitative estimate of drug-likeness (QED) is 0.440. The van der Waals surface area contributed by atoms with E-state index in [0.29, 0.717) is 35.2 Å². The van der Waals surface area contributed by atoms with Gasteiger partial charge in [-0.15, -0.1) is 13.2 Å². The van der Waals surface area contributed by atoms with E-state index in [1.165, 1.54) is 23.8 Å². The van der Waals surface area contributed by atoms with Crippen LogP contribution in [0.2, 0.25) is 0 Å². The molecule has 2 N–H and O–H groups in total. The summed E-state index contributed by atoms with van der Waals surface area (Å²) in [5, 5.41) is 3.01. The van der Waals surface area contributed by atoms with E-state index in [1.807, 2.05) is 6.07 Å². The lowest BCUT2D eigenvalue weighted by Gasteiger charge is -2.29. The number of ether oxygens (including phenoxy) is 1. The number of carbonyl (C=O) groups excluding carboxylic acids is 1. The van der Waals surface area contributed by atoms with Crippen LogP contribution in [-0.4, -0.2) is 23.8 Å². The molecule has 1 aromatic heterocycles. The van der Waals surface area contributed by atoms with Gasteiger partial charge in [0.05, 0.1) is 5.56 Å². The first-order valence-corrected chi connectivity index (χ1v) is 11.2. The topological polar surface area (TPSA) is 54.1 Å². The highest BCUT2D eigenvalue weighted by atomic mass is 19.4. The van der Waals surface area contributed by atoms with Gasteiger partial charge in [0.1, 0.15) is 5.75 Å².